The van der Waals surface area contributed by atoms with Crippen molar-refractivity contribution in [3.05, 3.63) is 57.6 Å². The quantitative estimate of drug-likeness (QED) is 0.146. The first-order valence-corrected chi connectivity index (χ1v) is 14.7. The minimum Gasteiger partial charge on any atom is -0.471 e. The third-order valence-electron chi connectivity index (χ3n) is 7.43. The fourth-order valence-corrected chi connectivity index (χ4v) is 5.56. The Kier molecular flexibility index (Phi) is 9.86. The number of hydrogen-bond acceptors (Lipinski definition) is 7. The van der Waals surface area contributed by atoms with Crippen LogP contribution >= 0.6 is 23.2 Å². The van der Waals surface area contributed by atoms with Crippen molar-refractivity contribution in [2.24, 2.45) is 13.0 Å². The van der Waals surface area contributed by atoms with E-state index in [0.717, 1.165) is 0 Å². The van der Waals surface area contributed by atoms with Crippen LogP contribution in [0.15, 0.2) is 30.6 Å². The van der Waals surface area contributed by atoms with Crippen LogP contribution in [0.4, 0.5) is 33.6 Å². The predicted molar refractivity (Wildman–Crippen MR) is 159 cm³/mol. The van der Waals surface area contributed by atoms with Crippen molar-refractivity contribution in [3.63, 3.8) is 0 Å². The van der Waals surface area contributed by atoms with E-state index in [9.17, 15) is 31.5 Å². The summed E-state index contributed by atoms with van der Waals surface area (Å²) in [5.74, 6) is -2.75. The molecule has 1 aliphatic rings. The van der Waals surface area contributed by atoms with Crippen molar-refractivity contribution in [1.29, 1.82) is 0 Å². The number of H-pyrrole nitrogens is 1. The summed E-state index contributed by atoms with van der Waals surface area (Å²) in [6, 6.07) is 3.93. The lowest BCUT2D eigenvalue weighted by Crippen LogP contribution is -2.40. The summed E-state index contributed by atoms with van der Waals surface area (Å²) in [4.78, 5) is 41.0. The number of anilines is 2. The monoisotopic (exact) mass is 688 g/mol. The smallest absolute Gasteiger partial charge is 0.391 e. The molecule has 11 nitrogen and oxygen atoms in total. The minimum absolute atomic E-state index is 0.000248. The van der Waals surface area contributed by atoms with Crippen LogP contribution in [0.1, 0.15) is 52.2 Å². The molecule has 0 spiro atoms. The molecule has 1 fully saturated rings. The van der Waals surface area contributed by atoms with E-state index in [1.54, 1.807) is 29.9 Å². The molecule has 0 aliphatic heterocycles. The maximum absolute atomic E-state index is 13.2. The van der Waals surface area contributed by atoms with E-state index in [2.05, 4.69) is 35.9 Å². The number of carbonyl (C=O) groups is 2. The molecule has 1 aliphatic carbocycles. The molecule has 1 aromatic carbocycles. The van der Waals surface area contributed by atoms with Crippen molar-refractivity contribution in [1.82, 2.24) is 35.1 Å². The number of amides is 2. The highest BCUT2D eigenvalue weighted by atomic mass is 35.5. The summed E-state index contributed by atoms with van der Waals surface area (Å²) in [6.45, 7) is -1.01. The van der Waals surface area contributed by atoms with Crippen LogP contribution in [0.3, 0.4) is 0 Å². The number of halogens is 7. The van der Waals surface area contributed by atoms with E-state index in [1.807, 2.05) is 0 Å². The van der Waals surface area contributed by atoms with Gasteiger partial charge in [-0.15, -0.1) is 0 Å². The average molecular weight is 689 g/mol. The topological polar surface area (TPSA) is 139 Å². The number of aromatic amines is 1. The minimum atomic E-state index is -4.31. The van der Waals surface area contributed by atoms with E-state index < -0.39 is 48.9 Å². The van der Waals surface area contributed by atoms with Gasteiger partial charge in [0, 0.05) is 32.0 Å². The molecule has 18 heteroatoms. The van der Waals surface area contributed by atoms with Crippen molar-refractivity contribution in [2.75, 3.05) is 11.9 Å². The number of carbonyl (C=O) groups excluding carboxylic acids is 2. The Bertz CT molecular complexity index is 1740. The molecule has 246 valence electrons. The van der Waals surface area contributed by atoms with Gasteiger partial charge in [0.2, 0.25) is 11.8 Å². The van der Waals surface area contributed by atoms with Crippen LogP contribution in [-0.4, -0.2) is 61.6 Å². The lowest BCUT2D eigenvalue weighted by atomic mass is 9.85. The van der Waals surface area contributed by atoms with Gasteiger partial charge in [0.15, 0.2) is 18.1 Å². The van der Waals surface area contributed by atoms with E-state index >= 15 is 0 Å². The predicted octanol–water partition coefficient (Wildman–Crippen LogP) is 6.17. The fourth-order valence-electron chi connectivity index (χ4n) is 5.03. The van der Waals surface area contributed by atoms with Gasteiger partial charge in [-0.25, -0.2) is 13.8 Å². The zero-order valence-corrected chi connectivity index (χ0v) is 25.5. The first-order chi connectivity index (χ1) is 21.8. The fraction of sp³-hybridized carbons (Fsp3) is 0.393. The highest BCUT2D eigenvalue weighted by molar-refractivity contribution is 6.39. The third kappa shape index (κ3) is 7.61. The van der Waals surface area contributed by atoms with Crippen LogP contribution in [0.5, 0.6) is 5.88 Å². The van der Waals surface area contributed by atoms with Crippen LogP contribution in [0.2, 0.25) is 10.0 Å². The Morgan fingerprint density at radius 2 is 1.87 bits per heavy atom. The number of fused-ring (bicyclic) bond motifs is 1. The Labute approximate surface area is 268 Å². The summed E-state index contributed by atoms with van der Waals surface area (Å²) in [6.07, 6.45) is -4.13. The number of nitrogens with zero attached hydrogens (tertiary/aromatic N) is 4. The molecule has 2 amide bonds. The third-order valence-corrected chi connectivity index (χ3v) is 8.18. The summed E-state index contributed by atoms with van der Waals surface area (Å²) >= 11 is 13.0. The number of ether oxygens (including phenoxy) is 1. The Balaban J connectivity index is 1.35. The molecular weight excluding hydrogens is 662 g/mol. The van der Waals surface area contributed by atoms with E-state index in [0.29, 0.717) is 5.56 Å². The summed E-state index contributed by atoms with van der Waals surface area (Å²) in [7, 11) is 1.68. The number of hydrogen-bond donors (Lipinski definition) is 4. The highest BCUT2D eigenvalue weighted by Crippen LogP contribution is 2.38. The number of benzene rings is 1. The number of aryl methyl sites for hydroxylation is 1. The van der Waals surface area contributed by atoms with E-state index in [-0.39, 0.29) is 76.5 Å². The molecule has 0 unspecified atom stereocenters. The second-order valence-electron chi connectivity index (χ2n) is 10.6. The van der Waals surface area contributed by atoms with Gasteiger partial charge in [0.05, 0.1) is 27.2 Å². The van der Waals surface area contributed by atoms with E-state index in [4.69, 9.17) is 27.9 Å². The molecule has 0 radical (unpaired) electrons. The number of nitrogens with one attached hydrogen (secondary N) is 4. The Hall–Kier alpha value is -4.18. The average Bonchev–Trinajstić information content (AvgIpc) is 3.61. The van der Waals surface area contributed by atoms with Gasteiger partial charge in [-0.3, -0.25) is 9.59 Å². The van der Waals surface area contributed by atoms with Crippen molar-refractivity contribution in [2.45, 2.75) is 50.9 Å². The van der Waals surface area contributed by atoms with Crippen LogP contribution in [0.25, 0.3) is 11.2 Å². The lowest BCUT2D eigenvalue weighted by Gasteiger charge is -2.30. The van der Waals surface area contributed by atoms with Crippen molar-refractivity contribution in [3.8, 4) is 5.88 Å². The molecule has 0 atom stereocenters. The van der Waals surface area contributed by atoms with Gasteiger partial charge in [-0.1, -0.05) is 29.3 Å². The Morgan fingerprint density at radius 3 is 2.52 bits per heavy atom. The molecule has 1 saturated carbocycles. The lowest BCUT2D eigenvalue weighted by molar-refractivity contribution is -0.182. The second-order valence-corrected chi connectivity index (χ2v) is 11.4. The molecule has 4 aromatic rings. The first-order valence-electron chi connectivity index (χ1n) is 14.0. The maximum Gasteiger partial charge on any atom is 0.391 e. The van der Waals surface area contributed by atoms with Crippen molar-refractivity contribution >= 4 is 57.8 Å². The number of aromatic nitrogens is 5. The van der Waals surface area contributed by atoms with E-state index in [1.165, 1.54) is 12.3 Å². The molecule has 3 aromatic heterocycles. The van der Waals surface area contributed by atoms with Crippen LogP contribution in [0, 0.1) is 5.92 Å². The number of pyridine rings is 1. The van der Waals surface area contributed by atoms with Gasteiger partial charge in [-0.05, 0) is 43.4 Å². The van der Waals surface area contributed by atoms with Gasteiger partial charge < -0.3 is 30.2 Å². The zero-order valence-electron chi connectivity index (χ0n) is 24.0. The van der Waals surface area contributed by atoms with Crippen LogP contribution in [-0.2, 0) is 13.6 Å². The summed E-state index contributed by atoms with van der Waals surface area (Å²) < 4.78 is 71.8. The largest absolute Gasteiger partial charge is 0.471 e. The highest BCUT2D eigenvalue weighted by Gasteiger charge is 2.41. The molecule has 0 bridgehead atoms. The normalized spacial score (nSPS) is 16.9. The van der Waals surface area contributed by atoms with Crippen molar-refractivity contribution < 1.29 is 36.3 Å². The van der Waals surface area contributed by atoms with Gasteiger partial charge in [0.25, 0.3) is 18.2 Å². The molecule has 3 heterocycles. The van der Waals surface area contributed by atoms with Crippen LogP contribution < -0.4 is 20.7 Å². The molecule has 0 saturated heterocycles. The zero-order chi connectivity index (χ0) is 33.2. The number of alkyl halides is 5. The molecular formula is C28H27Cl2F5N8O3. The van der Waals surface area contributed by atoms with Gasteiger partial charge >= 0.3 is 6.18 Å². The SMILES string of the molecule is Cn1ccnc1C(=O)NCc1ccc(Cl)c(Nc2nc3nc(OCC(F)F)c(C(=O)N[C@H]4CC[C@H](C(F)(F)F)CC4)cc3[nH]2)c1Cl. The summed E-state index contributed by atoms with van der Waals surface area (Å²) in [5.41, 5.74) is 0.745. The van der Waals surface area contributed by atoms with Gasteiger partial charge in [0.1, 0.15) is 5.56 Å². The maximum atomic E-state index is 13.2. The molecule has 46 heavy (non-hydrogen) atoms. The van der Waals surface area contributed by atoms with Gasteiger partial charge in [-0.2, -0.15) is 23.1 Å². The number of rotatable bonds is 10. The second kappa shape index (κ2) is 13.7. The Morgan fingerprint density at radius 1 is 1.13 bits per heavy atom. The standard InChI is InChI=1S/C28H27Cl2F5N8O3/c1-43-9-8-36-23(43)25(45)37-11-13-2-7-17(29)21(20(13)30)40-27-39-18-10-16(26(41-22(18)42-27)46-12-19(31)32)24(44)38-15-5-3-14(4-6-15)28(33,34)35/h2,7-10,14-15,19H,3-6,11-12H2,1H3,(H,37,45)(H,38,44)(H2,39,40,41,42)/t14-,15-. The molecule has 5 rings (SSSR count). The number of imidazole rings is 2. The first kappa shape index (κ1) is 33.2. The molecule has 4 N–H and O–H groups in total. The summed E-state index contributed by atoms with van der Waals surface area (Å²) in [5, 5.41) is 8.71.